The van der Waals surface area contributed by atoms with E-state index in [0.717, 1.165) is 5.56 Å². The summed E-state index contributed by atoms with van der Waals surface area (Å²) in [5.74, 6) is -0.106. The summed E-state index contributed by atoms with van der Waals surface area (Å²) >= 11 is 12.0. The fraction of sp³-hybridized carbons (Fsp3) is 0.278. The maximum Gasteiger partial charge on any atom is 0.338 e. The van der Waals surface area contributed by atoms with Crippen molar-refractivity contribution in [2.24, 2.45) is 0 Å². The molecule has 0 radical (unpaired) electrons. The summed E-state index contributed by atoms with van der Waals surface area (Å²) in [6.07, 6.45) is 0. The molecule has 2 aromatic rings. The Hall–Kier alpha value is -1.91. The molecule has 0 atom stereocenters. The highest BCUT2D eigenvalue weighted by Gasteiger charge is 2.17. The van der Waals surface area contributed by atoms with E-state index in [9.17, 15) is 9.90 Å². The van der Waals surface area contributed by atoms with Crippen LogP contribution in [0.3, 0.4) is 0 Å². The number of aromatic hydroxyl groups is 1. The van der Waals surface area contributed by atoms with E-state index in [1.54, 1.807) is 24.3 Å². The summed E-state index contributed by atoms with van der Waals surface area (Å²) in [5.41, 5.74) is 0.766. The number of ether oxygens (including phenoxy) is 2. The predicted octanol–water partition coefficient (Wildman–Crippen LogP) is 5.23. The number of esters is 1. The smallest absolute Gasteiger partial charge is 0.338 e. The Morgan fingerprint density at radius 1 is 1.08 bits per heavy atom. The highest BCUT2D eigenvalue weighted by atomic mass is 35.5. The zero-order valence-electron chi connectivity index (χ0n) is 13.6. The number of phenols is 1. The Bertz CT molecular complexity index is 711. The van der Waals surface area contributed by atoms with Crippen molar-refractivity contribution in [3.05, 3.63) is 57.6 Å². The van der Waals surface area contributed by atoms with Crippen LogP contribution in [0.25, 0.3) is 0 Å². The van der Waals surface area contributed by atoms with Gasteiger partial charge in [-0.25, -0.2) is 4.79 Å². The predicted molar refractivity (Wildman–Crippen MR) is 94.1 cm³/mol. The lowest BCUT2D eigenvalue weighted by molar-refractivity contribution is 0.00695. The van der Waals surface area contributed by atoms with E-state index < -0.39 is 5.60 Å². The molecule has 0 saturated carbocycles. The molecular weight excluding hydrogens is 351 g/mol. The third kappa shape index (κ3) is 5.05. The maximum absolute atomic E-state index is 12.0. The van der Waals surface area contributed by atoms with E-state index in [4.69, 9.17) is 32.7 Å². The van der Waals surface area contributed by atoms with Crippen molar-refractivity contribution in [2.45, 2.75) is 33.0 Å². The number of carbonyl (C=O) groups is 1. The Labute approximate surface area is 150 Å². The Morgan fingerprint density at radius 3 is 2.12 bits per heavy atom. The molecule has 0 spiro atoms. The molecule has 0 aliphatic rings. The first-order chi connectivity index (χ1) is 11.2. The van der Waals surface area contributed by atoms with Gasteiger partial charge in [0.2, 0.25) is 0 Å². The third-order valence-electron chi connectivity index (χ3n) is 2.95. The zero-order chi connectivity index (χ0) is 17.9. The third-order valence-corrected chi connectivity index (χ3v) is 3.52. The quantitative estimate of drug-likeness (QED) is 0.750. The number of hydrogen-bond acceptors (Lipinski definition) is 4. The summed E-state index contributed by atoms with van der Waals surface area (Å²) in [7, 11) is 0. The lowest BCUT2D eigenvalue weighted by Crippen LogP contribution is -2.23. The standard InChI is InChI=1S/C18H18Cl2O4/c1-18(2,3)24-17(22)12-6-4-11(5-7-12)10-23-16-14(19)8-13(21)9-15(16)20/h4-9,21H,10H2,1-3H3. The molecule has 0 fully saturated rings. The average molecular weight is 369 g/mol. The van der Waals surface area contributed by atoms with Crippen LogP contribution in [-0.4, -0.2) is 16.7 Å². The number of rotatable bonds is 4. The molecule has 2 aromatic carbocycles. The number of carbonyl (C=O) groups excluding carboxylic acids is 1. The lowest BCUT2D eigenvalue weighted by Gasteiger charge is -2.19. The largest absolute Gasteiger partial charge is 0.508 e. The van der Waals surface area contributed by atoms with Gasteiger partial charge in [-0.3, -0.25) is 0 Å². The minimum absolute atomic E-state index is 0.0286. The van der Waals surface area contributed by atoms with E-state index in [1.807, 2.05) is 20.8 Å². The average Bonchev–Trinajstić information content (AvgIpc) is 2.45. The first-order valence-corrected chi connectivity index (χ1v) is 8.04. The molecule has 2 rings (SSSR count). The molecule has 6 heteroatoms. The molecule has 24 heavy (non-hydrogen) atoms. The van der Waals surface area contributed by atoms with Gasteiger partial charge in [0, 0.05) is 12.1 Å². The SMILES string of the molecule is CC(C)(C)OC(=O)c1ccc(COc2c(Cl)cc(O)cc2Cl)cc1. The Balaban J connectivity index is 2.04. The van der Waals surface area contributed by atoms with E-state index in [0.29, 0.717) is 11.3 Å². The van der Waals surface area contributed by atoms with Gasteiger partial charge in [0.15, 0.2) is 5.75 Å². The van der Waals surface area contributed by atoms with Crippen LogP contribution < -0.4 is 4.74 Å². The number of benzene rings is 2. The van der Waals surface area contributed by atoms with Gasteiger partial charge in [-0.15, -0.1) is 0 Å². The summed E-state index contributed by atoms with van der Waals surface area (Å²) in [6.45, 7) is 5.67. The van der Waals surface area contributed by atoms with Gasteiger partial charge in [-0.05, 0) is 38.5 Å². The molecule has 1 N–H and O–H groups in total. The summed E-state index contributed by atoms with van der Waals surface area (Å²) in [6, 6.07) is 9.59. The van der Waals surface area contributed by atoms with Crippen LogP contribution in [0.1, 0.15) is 36.7 Å². The van der Waals surface area contributed by atoms with Crippen LogP contribution in [0, 0.1) is 0 Å². The Kier molecular flexibility index (Phi) is 5.62. The molecule has 0 aliphatic carbocycles. The van der Waals surface area contributed by atoms with Crippen LogP contribution in [0.4, 0.5) is 0 Å². The monoisotopic (exact) mass is 368 g/mol. The van der Waals surface area contributed by atoms with Crippen molar-refractivity contribution in [2.75, 3.05) is 0 Å². The highest BCUT2D eigenvalue weighted by molar-refractivity contribution is 6.37. The van der Waals surface area contributed by atoms with Crippen LogP contribution in [0.5, 0.6) is 11.5 Å². The van der Waals surface area contributed by atoms with Gasteiger partial charge in [0.25, 0.3) is 0 Å². The van der Waals surface area contributed by atoms with E-state index in [-0.39, 0.29) is 28.4 Å². The van der Waals surface area contributed by atoms with Gasteiger partial charge >= 0.3 is 5.97 Å². The maximum atomic E-state index is 12.0. The molecule has 128 valence electrons. The minimum Gasteiger partial charge on any atom is -0.508 e. The van der Waals surface area contributed by atoms with Gasteiger partial charge in [-0.2, -0.15) is 0 Å². The first-order valence-electron chi connectivity index (χ1n) is 7.29. The van der Waals surface area contributed by atoms with Gasteiger partial charge < -0.3 is 14.6 Å². The van der Waals surface area contributed by atoms with Gasteiger partial charge in [0.1, 0.15) is 18.0 Å². The molecule has 4 nitrogen and oxygen atoms in total. The van der Waals surface area contributed by atoms with Gasteiger partial charge in [0.05, 0.1) is 15.6 Å². The van der Waals surface area contributed by atoms with Gasteiger partial charge in [-0.1, -0.05) is 35.3 Å². The summed E-state index contributed by atoms with van der Waals surface area (Å²) < 4.78 is 10.9. The molecule has 0 aromatic heterocycles. The lowest BCUT2D eigenvalue weighted by atomic mass is 10.1. The van der Waals surface area contributed by atoms with Crippen molar-refractivity contribution >= 4 is 29.2 Å². The number of phenolic OH excluding ortho intramolecular Hbond substituents is 1. The van der Waals surface area contributed by atoms with E-state index in [1.165, 1.54) is 12.1 Å². The summed E-state index contributed by atoms with van der Waals surface area (Å²) in [4.78, 5) is 12.0. The second-order valence-electron chi connectivity index (χ2n) is 6.23. The topological polar surface area (TPSA) is 55.8 Å². The second-order valence-corrected chi connectivity index (χ2v) is 7.04. The van der Waals surface area contributed by atoms with Crippen molar-refractivity contribution < 1.29 is 19.4 Å². The van der Waals surface area contributed by atoms with Crippen molar-refractivity contribution in [3.63, 3.8) is 0 Å². The van der Waals surface area contributed by atoms with Crippen LogP contribution in [-0.2, 0) is 11.3 Å². The van der Waals surface area contributed by atoms with Crippen molar-refractivity contribution in [1.82, 2.24) is 0 Å². The summed E-state index contributed by atoms with van der Waals surface area (Å²) in [5, 5.41) is 9.85. The number of hydrogen-bond donors (Lipinski definition) is 1. The fourth-order valence-electron chi connectivity index (χ4n) is 1.91. The number of halogens is 2. The highest BCUT2D eigenvalue weighted by Crippen LogP contribution is 2.36. The normalized spacial score (nSPS) is 11.2. The molecule has 0 unspecified atom stereocenters. The molecular formula is C18H18Cl2O4. The van der Waals surface area contributed by atoms with Crippen molar-refractivity contribution in [1.29, 1.82) is 0 Å². The fourth-order valence-corrected chi connectivity index (χ4v) is 2.50. The first kappa shape index (κ1) is 18.4. The van der Waals surface area contributed by atoms with Crippen LogP contribution in [0.2, 0.25) is 10.0 Å². The van der Waals surface area contributed by atoms with Crippen LogP contribution >= 0.6 is 23.2 Å². The van der Waals surface area contributed by atoms with Crippen molar-refractivity contribution in [3.8, 4) is 11.5 Å². The van der Waals surface area contributed by atoms with E-state index >= 15 is 0 Å². The molecule has 0 heterocycles. The minimum atomic E-state index is -0.536. The second kappa shape index (κ2) is 7.32. The molecule has 0 amide bonds. The van der Waals surface area contributed by atoms with E-state index in [2.05, 4.69) is 0 Å². The molecule has 0 bridgehead atoms. The molecule has 0 saturated heterocycles. The van der Waals surface area contributed by atoms with Crippen LogP contribution in [0.15, 0.2) is 36.4 Å². The Morgan fingerprint density at radius 2 is 1.62 bits per heavy atom. The zero-order valence-corrected chi connectivity index (χ0v) is 15.1. The molecule has 0 aliphatic heterocycles.